The quantitative estimate of drug-likeness (QED) is 0.687. The highest BCUT2D eigenvalue weighted by atomic mass is 32.2. The molecule has 1 heterocycles. The molecule has 0 radical (unpaired) electrons. The molecule has 3 rings (SSSR count). The van der Waals surface area contributed by atoms with Crippen LogP contribution in [0.4, 0.5) is 11.4 Å². The second kappa shape index (κ2) is 7.28. The minimum absolute atomic E-state index is 0.0291. The van der Waals surface area contributed by atoms with Gasteiger partial charge in [-0.15, -0.1) is 0 Å². The maximum absolute atomic E-state index is 12.5. The lowest BCUT2D eigenvalue weighted by molar-refractivity contribution is -0.116. The lowest BCUT2D eigenvalue weighted by Gasteiger charge is -2.27. The van der Waals surface area contributed by atoms with Crippen molar-refractivity contribution in [1.82, 2.24) is 0 Å². The van der Waals surface area contributed by atoms with Gasteiger partial charge in [-0.1, -0.05) is 12.1 Å². The first kappa shape index (κ1) is 18.7. The molecule has 0 bridgehead atoms. The number of carboxylic acids is 1. The lowest BCUT2D eigenvalue weighted by atomic mass is 10.1. The van der Waals surface area contributed by atoms with Crippen LogP contribution in [0.25, 0.3) is 0 Å². The summed E-state index contributed by atoms with van der Waals surface area (Å²) in [6.07, 6.45) is 0. The maximum Gasteiger partial charge on any atom is 0.335 e. The first-order valence-electron chi connectivity index (χ1n) is 8.05. The third-order valence-corrected chi connectivity index (χ3v) is 5.75. The van der Waals surface area contributed by atoms with Crippen LogP contribution < -0.4 is 15.4 Å². The Hall–Kier alpha value is -3.07. The van der Waals surface area contributed by atoms with Gasteiger partial charge in [0.15, 0.2) is 9.84 Å². The predicted octanol–water partition coefficient (Wildman–Crippen LogP) is 1.74. The molecule has 0 spiro atoms. The van der Waals surface area contributed by atoms with E-state index in [0.29, 0.717) is 22.7 Å². The monoisotopic (exact) mass is 390 g/mol. The molecule has 2 aromatic rings. The Morgan fingerprint density at radius 1 is 1.15 bits per heavy atom. The van der Waals surface area contributed by atoms with Crippen LogP contribution in [0.1, 0.15) is 15.9 Å². The number of hydrogen-bond donors (Lipinski definition) is 3. The fourth-order valence-electron chi connectivity index (χ4n) is 2.79. The number of aromatic carboxylic acids is 1. The normalized spacial score (nSPS) is 16.0. The highest BCUT2D eigenvalue weighted by Crippen LogP contribution is 2.28. The highest BCUT2D eigenvalue weighted by Gasteiger charge is 2.30. The fraction of sp³-hybridized carbons (Fsp3) is 0.222. The molecule has 0 saturated heterocycles. The minimum Gasteiger partial charge on any atom is -0.497 e. The predicted molar refractivity (Wildman–Crippen MR) is 99.9 cm³/mol. The number of ether oxygens (including phenoxy) is 1. The van der Waals surface area contributed by atoms with Crippen molar-refractivity contribution in [3.8, 4) is 5.75 Å². The SMILES string of the molecule is COc1ccc(CS(=O)(=O)CC2Nc3ccc(C(=O)O)cc3NC2=O)cc1. The molecule has 1 amide bonds. The molecule has 0 saturated carbocycles. The van der Waals surface area contributed by atoms with Crippen molar-refractivity contribution in [1.29, 1.82) is 0 Å². The number of hydrogen-bond acceptors (Lipinski definition) is 6. The van der Waals surface area contributed by atoms with Gasteiger partial charge >= 0.3 is 5.97 Å². The van der Waals surface area contributed by atoms with E-state index in [-0.39, 0.29) is 17.1 Å². The van der Waals surface area contributed by atoms with Crippen molar-refractivity contribution in [2.75, 3.05) is 23.5 Å². The Balaban J connectivity index is 1.72. The van der Waals surface area contributed by atoms with Gasteiger partial charge in [0.25, 0.3) is 0 Å². The zero-order valence-electron chi connectivity index (χ0n) is 14.4. The Labute approximate surface area is 156 Å². The number of sulfone groups is 1. The van der Waals surface area contributed by atoms with E-state index in [1.54, 1.807) is 24.3 Å². The number of carbonyl (C=O) groups excluding carboxylic acids is 1. The zero-order chi connectivity index (χ0) is 19.6. The molecule has 0 aromatic heterocycles. The summed E-state index contributed by atoms with van der Waals surface area (Å²) in [5.41, 5.74) is 1.41. The van der Waals surface area contributed by atoms with Gasteiger partial charge in [-0.25, -0.2) is 13.2 Å². The van der Waals surface area contributed by atoms with Crippen LogP contribution in [0.2, 0.25) is 0 Å². The van der Waals surface area contributed by atoms with Crippen LogP contribution in [0.3, 0.4) is 0 Å². The number of amides is 1. The summed E-state index contributed by atoms with van der Waals surface area (Å²) in [7, 11) is -2.04. The number of fused-ring (bicyclic) bond motifs is 1. The first-order chi connectivity index (χ1) is 12.8. The number of carbonyl (C=O) groups is 2. The van der Waals surface area contributed by atoms with Crippen LogP contribution in [0.5, 0.6) is 5.75 Å². The van der Waals surface area contributed by atoms with Crippen LogP contribution >= 0.6 is 0 Å². The largest absolute Gasteiger partial charge is 0.497 e. The van der Waals surface area contributed by atoms with E-state index >= 15 is 0 Å². The Morgan fingerprint density at radius 2 is 1.85 bits per heavy atom. The van der Waals surface area contributed by atoms with Crippen molar-refractivity contribution >= 4 is 33.1 Å². The van der Waals surface area contributed by atoms with E-state index in [1.807, 2.05) is 0 Å². The summed E-state index contributed by atoms with van der Waals surface area (Å²) in [6.45, 7) is 0. The molecule has 0 aliphatic carbocycles. The van der Waals surface area contributed by atoms with Crippen LogP contribution in [-0.4, -0.2) is 44.3 Å². The third kappa shape index (κ3) is 4.37. The smallest absolute Gasteiger partial charge is 0.335 e. The summed E-state index contributed by atoms with van der Waals surface area (Å²) < 4.78 is 30.0. The Kier molecular flexibility index (Phi) is 5.04. The van der Waals surface area contributed by atoms with Gasteiger partial charge in [0.1, 0.15) is 11.8 Å². The van der Waals surface area contributed by atoms with Crippen molar-refractivity contribution in [2.45, 2.75) is 11.8 Å². The van der Waals surface area contributed by atoms with Crippen molar-refractivity contribution < 1.29 is 27.9 Å². The molecule has 9 heteroatoms. The molecule has 1 aliphatic rings. The van der Waals surface area contributed by atoms with Gasteiger partial charge in [-0.05, 0) is 35.9 Å². The number of methoxy groups -OCH3 is 1. The van der Waals surface area contributed by atoms with E-state index in [1.165, 1.54) is 25.3 Å². The number of benzene rings is 2. The first-order valence-corrected chi connectivity index (χ1v) is 9.87. The average Bonchev–Trinajstić information content (AvgIpc) is 2.62. The van der Waals surface area contributed by atoms with Gasteiger partial charge in [-0.2, -0.15) is 0 Å². The molecule has 8 nitrogen and oxygen atoms in total. The summed E-state index contributed by atoms with van der Waals surface area (Å²) in [5.74, 6) is -1.60. The molecular weight excluding hydrogens is 372 g/mol. The number of carboxylic acid groups (broad SMARTS) is 1. The molecule has 2 aromatic carbocycles. The van der Waals surface area contributed by atoms with E-state index in [4.69, 9.17) is 9.84 Å². The van der Waals surface area contributed by atoms with Crippen LogP contribution in [-0.2, 0) is 20.4 Å². The fourth-order valence-corrected chi connectivity index (χ4v) is 4.35. The molecular formula is C18H18N2O6S. The average molecular weight is 390 g/mol. The van der Waals surface area contributed by atoms with E-state index in [2.05, 4.69) is 10.6 Å². The van der Waals surface area contributed by atoms with E-state index in [0.717, 1.165) is 0 Å². The number of anilines is 2. The molecule has 0 fully saturated rings. The summed E-state index contributed by atoms with van der Waals surface area (Å²) >= 11 is 0. The Morgan fingerprint density at radius 3 is 2.48 bits per heavy atom. The summed E-state index contributed by atoms with van der Waals surface area (Å²) in [4.78, 5) is 23.3. The summed E-state index contributed by atoms with van der Waals surface area (Å²) in [5, 5.41) is 14.4. The maximum atomic E-state index is 12.5. The van der Waals surface area contributed by atoms with E-state index in [9.17, 15) is 18.0 Å². The van der Waals surface area contributed by atoms with Gasteiger partial charge in [0.2, 0.25) is 5.91 Å². The third-order valence-electron chi connectivity index (χ3n) is 4.14. The Bertz CT molecular complexity index is 985. The molecule has 1 aliphatic heterocycles. The van der Waals surface area contributed by atoms with Gasteiger partial charge in [-0.3, -0.25) is 4.79 Å². The summed E-state index contributed by atoms with van der Waals surface area (Å²) in [6, 6.07) is 9.91. The van der Waals surface area contributed by atoms with E-state index < -0.39 is 27.8 Å². The highest BCUT2D eigenvalue weighted by molar-refractivity contribution is 7.90. The molecule has 1 unspecified atom stereocenters. The molecule has 3 N–H and O–H groups in total. The van der Waals surface area contributed by atoms with Crippen molar-refractivity contribution in [3.05, 3.63) is 53.6 Å². The molecule has 142 valence electrons. The second-order valence-corrected chi connectivity index (χ2v) is 8.26. The van der Waals surface area contributed by atoms with Crippen molar-refractivity contribution in [2.24, 2.45) is 0 Å². The number of nitrogens with one attached hydrogen (secondary N) is 2. The van der Waals surface area contributed by atoms with Gasteiger partial charge in [0, 0.05) is 0 Å². The zero-order valence-corrected chi connectivity index (χ0v) is 15.2. The van der Waals surface area contributed by atoms with Crippen LogP contribution in [0.15, 0.2) is 42.5 Å². The van der Waals surface area contributed by atoms with Gasteiger partial charge in [0.05, 0.1) is 35.6 Å². The molecule has 27 heavy (non-hydrogen) atoms. The second-order valence-electron chi connectivity index (χ2n) is 6.15. The number of rotatable bonds is 6. The van der Waals surface area contributed by atoms with Gasteiger partial charge < -0.3 is 20.5 Å². The molecule has 1 atom stereocenters. The standard InChI is InChI=1S/C18H18N2O6S/c1-26-13-5-2-11(3-6-13)9-27(24,25)10-16-17(21)20-15-8-12(18(22)23)4-7-14(15)19-16/h2-8,16,19H,9-10H2,1H3,(H,20,21)(H,22,23). The lowest BCUT2D eigenvalue weighted by Crippen LogP contribution is -2.43. The topological polar surface area (TPSA) is 122 Å². The van der Waals surface area contributed by atoms with Crippen LogP contribution in [0, 0.1) is 0 Å². The van der Waals surface area contributed by atoms with Crippen molar-refractivity contribution in [3.63, 3.8) is 0 Å². The minimum atomic E-state index is -3.57.